The van der Waals surface area contributed by atoms with E-state index in [1.165, 1.54) is 14.0 Å². The minimum atomic E-state index is -0.787. The molecule has 0 heterocycles. The summed E-state index contributed by atoms with van der Waals surface area (Å²) in [5.41, 5.74) is 0.970. The molecule has 1 aromatic rings. The Balaban J connectivity index is 2.68. The zero-order valence-corrected chi connectivity index (χ0v) is 11.8. The predicted octanol–water partition coefficient (Wildman–Crippen LogP) is 2.56. The Bertz CT molecular complexity index is 531. The van der Waals surface area contributed by atoms with Gasteiger partial charge in [0.25, 0.3) is 0 Å². The zero-order chi connectivity index (χ0) is 15.0. The summed E-state index contributed by atoms with van der Waals surface area (Å²) in [7, 11) is 1.53. The van der Waals surface area contributed by atoms with Crippen molar-refractivity contribution in [1.29, 1.82) is 5.26 Å². The minimum absolute atomic E-state index is 0.272. The van der Waals surface area contributed by atoms with E-state index in [1.54, 1.807) is 12.1 Å². The number of carbonyl (C=O) groups excluding carboxylic acids is 1. The highest BCUT2D eigenvalue weighted by molar-refractivity contribution is 5.71. The molecule has 0 bridgehead atoms. The van der Waals surface area contributed by atoms with E-state index in [0.717, 1.165) is 5.56 Å². The van der Waals surface area contributed by atoms with Crippen LogP contribution in [0.4, 0.5) is 0 Å². The fourth-order valence-corrected chi connectivity index (χ4v) is 1.49. The van der Waals surface area contributed by atoms with Crippen LogP contribution in [-0.4, -0.2) is 25.8 Å². The summed E-state index contributed by atoms with van der Waals surface area (Å²) in [5.74, 6) is 0.377. The first kappa shape index (κ1) is 15.6. The van der Waals surface area contributed by atoms with Gasteiger partial charge in [0.1, 0.15) is 6.07 Å². The van der Waals surface area contributed by atoms with Gasteiger partial charge in [-0.3, -0.25) is 0 Å². The third kappa shape index (κ3) is 4.65. The number of ether oxygens (including phenoxy) is 3. The van der Waals surface area contributed by atoms with Gasteiger partial charge in [-0.1, -0.05) is 18.2 Å². The Kier molecular flexibility index (Phi) is 6.11. The topological polar surface area (TPSA) is 68.5 Å². The molecule has 0 spiro atoms. The summed E-state index contributed by atoms with van der Waals surface area (Å²) in [6.45, 7) is 3.14. The molecular formula is C15H17NO4. The van der Waals surface area contributed by atoms with Gasteiger partial charge in [0.15, 0.2) is 24.2 Å². The molecule has 0 aromatic heterocycles. The highest BCUT2D eigenvalue weighted by Crippen LogP contribution is 2.28. The third-order valence-electron chi connectivity index (χ3n) is 2.38. The molecule has 0 fully saturated rings. The first-order valence-corrected chi connectivity index (χ1v) is 6.13. The second-order valence-corrected chi connectivity index (χ2v) is 3.96. The number of hydrogen-bond acceptors (Lipinski definition) is 5. The summed E-state index contributed by atoms with van der Waals surface area (Å²) in [5, 5.41) is 8.54. The van der Waals surface area contributed by atoms with Crippen molar-refractivity contribution in [2.45, 2.75) is 20.0 Å². The number of methoxy groups -OCH3 is 1. The standard InChI is InChI=1S/C15H17NO4/c1-4-5-12-6-7-13(14(8-12)18-3)19-10-15(17)20-11(2)9-16/h4-8,11H,10H2,1-3H3/b5-4-/t11-/m1/s1. The first-order valence-electron chi connectivity index (χ1n) is 6.13. The maximum atomic E-state index is 11.4. The lowest BCUT2D eigenvalue weighted by atomic mass is 10.2. The normalized spacial score (nSPS) is 11.7. The van der Waals surface area contributed by atoms with Gasteiger partial charge in [0.05, 0.1) is 7.11 Å². The Labute approximate surface area is 118 Å². The number of nitrogens with zero attached hydrogens (tertiary/aromatic N) is 1. The van der Waals surface area contributed by atoms with E-state index in [4.69, 9.17) is 19.5 Å². The van der Waals surface area contributed by atoms with Crippen LogP contribution in [0.15, 0.2) is 24.3 Å². The zero-order valence-electron chi connectivity index (χ0n) is 11.8. The number of carbonyl (C=O) groups is 1. The van der Waals surface area contributed by atoms with Crippen LogP contribution in [0.3, 0.4) is 0 Å². The fourth-order valence-electron chi connectivity index (χ4n) is 1.49. The predicted molar refractivity (Wildman–Crippen MR) is 74.4 cm³/mol. The summed E-state index contributed by atoms with van der Waals surface area (Å²) in [4.78, 5) is 11.4. The van der Waals surface area contributed by atoms with E-state index in [2.05, 4.69) is 0 Å². The van der Waals surface area contributed by atoms with Crippen LogP contribution in [-0.2, 0) is 9.53 Å². The second kappa shape index (κ2) is 7.85. The van der Waals surface area contributed by atoms with Gasteiger partial charge in [-0.2, -0.15) is 5.26 Å². The molecule has 0 saturated carbocycles. The molecule has 1 rings (SSSR count). The van der Waals surface area contributed by atoms with Crippen LogP contribution in [0.2, 0.25) is 0 Å². The Hall–Kier alpha value is -2.48. The maximum absolute atomic E-state index is 11.4. The van der Waals surface area contributed by atoms with Crippen LogP contribution >= 0.6 is 0 Å². The monoisotopic (exact) mass is 275 g/mol. The van der Waals surface area contributed by atoms with Crippen LogP contribution in [0.5, 0.6) is 11.5 Å². The van der Waals surface area contributed by atoms with Crippen molar-refractivity contribution in [3.05, 3.63) is 29.8 Å². The van der Waals surface area contributed by atoms with E-state index >= 15 is 0 Å². The molecule has 0 radical (unpaired) electrons. The molecule has 0 amide bonds. The van der Waals surface area contributed by atoms with Gasteiger partial charge in [-0.25, -0.2) is 4.79 Å². The van der Waals surface area contributed by atoms with Crippen LogP contribution in [0.25, 0.3) is 6.08 Å². The highest BCUT2D eigenvalue weighted by atomic mass is 16.6. The smallest absolute Gasteiger partial charge is 0.345 e. The van der Waals surface area contributed by atoms with Crippen molar-refractivity contribution in [2.24, 2.45) is 0 Å². The number of allylic oxidation sites excluding steroid dienone is 1. The van der Waals surface area contributed by atoms with E-state index in [1.807, 2.05) is 31.2 Å². The van der Waals surface area contributed by atoms with Crippen molar-refractivity contribution < 1.29 is 19.0 Å². The van der Waals surface area contributed by atoms with Crippen LogP contribution in [0, 0.1) is 11.3 Å². The van der Waals surface area contributed by atoms with Gasteiger partial charge in [-0.05, 0) is 31.5 Å². The summed E-state index contributed by atoms with van der Waals surface area (Å²) in [6.07, 6.45) is 3.05. The van der Waals surface area contributed by atoms with Gasteiger partial charge in [0, 0.05) is 0 Å². The quantitative estimate of drug-likeness (QED) is 0.746. The molecule has 106 valence electrons. The van der Waals surface area contributed by atoms with E-state index < -0.39 is 12.1 Å². The number of esters is 1. The second-order valence-electron chi connectivity index (χ2n) is 3.96. The summed E-state index contributed by atoms with van der Waals surface area (Å²) < 4.78 is 15.3. The molecule has 0 aliphatic rings. The van der Waals surface area contributed by atoms with Crippen LogP contribution in [0.1, 0.15) is 19.4 Å². The molecule has 1 atom stereocenters. The SMILES string of the molecule is C/C=C\c1ccc(OCC(=O)O[C@H](C)C#N)c(OC)c1. The molecule has 0 aliphatic heterocycles. The lowest BCUT2D eigenvalue weighted by molar-refractivity contribution is -0.148. The van der Waals surface area contributed by atoms with Gasteiger partial charge in [-0.15, -0.1) is 0 Å². The van der Waals surface area contributed by atoms with Crippen molar-refractivity contribution in [1.82, 2.24) is 0 Å². The summed E-state index contributed by atoms with van der Waals surface area (Å²) in [6, 6.07) is 7.18. The molecule has 5 heteroatoms. The number of nitriles is 1. The molecule has 1 aromatic carbocycles. The average Bonchev–Trinajstić information content (AvgIpc) is 2.45. The van der Waals surface area contributed by atoms with Crippen molar-refractivity contribution >= 4 is 12.0 Å². The van der Waals surface area contributed by atoms with Crippen LogP contribution < -0.4 is 9.47 Å². The van der Waals surface area contributed by atoms with E-state index in [-0.39, 0.29) is 6.61 Å². The van der Waals surface area contributed by atoms with E-state index in [9.17, 15) is 4.79 Å². The van der Waals surface area contributed by atoms with Crippen molar-refractivity contribution in [2.75, 3.05) is 13.7 Å². The highest BCUT2D eigenvalue weighted by Gasteiger charge is 2.11. The van der Waals surface area contributed by atoms with Gasteiger partial charge >= 0.3 is 5.97 Å². The average molecular weight is 275 g/mol. The molecule has 0 unspecified atom stereocenters. The van der Waals surface area contributed by atoms with Gasteiger partial charge in [0.2, 0.25) is 0 Å². The maximum Gasteiger partial charge on any atom is 0.345 e. The van der Waals surface area contributed by atoms with E-state index in [0.29, 0.717) is 11.5 Å². The molecular weight excluding hydrogens is 258 g/mol. The molecule has 20 heavy (non-hydrogen) atoms. The largest absolute Gasteiger partial charge is 0.493 e. The first-order chi connectivity index (χ1) is 9.60. The molecule has 0 N–H and O–H groups in total. The molecule has 0 saturated heterocycles. The summed E-state index contributed by atoms with van der Waals surface area (Å²) >= 11 is 0. The molecule has 0 aliphatic carbocycles. The number of benzene rings is 1. The Morgan fingerprint density at radius 2 is 2.20 bits per heavy atom. The number of hydrogen-bond donors (Lipinski definition) is 0. The van der Waals surface area contributed by atoms with Gasteiger partial charge < -0.3 is 14.2 Å². The Morgan fingerprint density at radius 1 is 1.45 bits per heavy atom. The number of rotatable bonds is 6. The molecule has 5 nitrogen and oxygen atoms in total. The minimum Gasteiger partial charge on any atom is -0.493 e. The van der Waals surface area contributed by atoms with Crippen molar-refractivity contribution in [3.63, 3.8) is 0 Å². The Morgan fingerprint density at radius 3 is 2.80 bits per heavy atom. The third-order valence-corrected chi connectivity index (χ3v) is 2.38. The lowest BCUT2D eigenvalue weighted by Gasteiger charge is -2.11. The lowest BCUT2D eigenvalue weighted by Crippen LogP contribution is -2.19. The fraction of sp³-hybridized carbons (Fsp3) is 0.333. The van der Waals surface area contributed by atoms with Crippen molar-refractivity contribution in [3.8, 4) is 17.6 Å².